The minimum absolute atomic E-state index is 0.00107. The van der Waals surface area contributed by atoms with Gasteiger partial charge in [0.05, 0.1) is 0 Å². The molecule has 0 unspecified atom stereocenters. The summed E-state index contributed by atoms with van der Waals surface area (Å²) < 4.78 is 72.4. The monoisotopic (exact) mass is 488 g/mol. The number of allylic oxidation sites excluding steroid dienone is 2. The lowest BCUT2D eigenvalue weighted by Gasteiger charge is -2.47. The summed E-state index contributed by atoms with van der Waals surface area (Å²) in [4.78, 5) is 0. The van der Waals surface area contributed by atoms with Gasteiger partial charge in [0.25, 0.3) is 0 Å². The Labute approximate surface area is 195 Å². The van der Waals surface area contributed by atoms with Crippen molar-refractivity contribution < 1.29 is 30.5 Å². The second kappa shape index (κ2) is 9.16. The third kappa shape index (κ3) is 5.52. The Morgan fingerprint density at radius 1 is 1.15 bits per heavy atom. The summed E-state index contributed by atoms with van der Waals surface area (Å²) in [6, 6.07) is 6.12. The van der Waals surface area contributed by atoms with Crippen LogP contribution in [-0.4, -0.2) is 19.5 Å². The molecule has 0 saturated heterocycles. The minimum atomic E-state index is -5.68. The SMILES string of the molecule is CCCCCCC(C)(C)c1ccc2c(c1)OC(C)(C)[C@@H]1CC=C(OS(=O)(=O)C(F)(F)F)C[C@@H]21. The second-order valence-corrected chi connectivity index (χ2v) is 12.0. The van der Waals surface area contributed by atoms with Gasteiger partial charge in [0.1, 0.15) is 17.1 Å². The molecule has 0 amide bonds. The molecule has 3 rings (SSSR count). The highest BCUT2D eigenvalue weighted by atomic mass is 32.2. The van der Waals surface area contributed by atoms with Crippen molar-refractivity contribution in [1.82, 2.24) is 0 Å². The third-order valence-corrected chi connectivity index (χ3v) is 8.12. The van der Waals surface area contributed by atoms with Gasteiger partial charge < -0.3 is 8.92 Å². The first-order valence-electron chi connectivity index (χ1n) is 11.7. The number of benzene rings is 1. The van der Waals surface area contributed by atoms with Gasteiger partial charge in [-0.15, -0.1) is 0 Å². The molecule has 1 heterocycles. The number of ether oxygens (including phenoxy) is 1. The first-order valence-corrected chi connectivity index (χ1v) is 13.1. The fraction of sp³-hybridized carbons (Fsp3) is 0.680. The van der Waals surface area contributed by atoms with E-state index in [1.54, 1.807) is 0 Å². The van der Waals surface area contributed by atoms with E-state index in [1.807, 2.05) is 19.9 Å². The van der Waals surface area contributed by atoms with E-state index >= 15 is 0 Å². The van der Waals surface area contributed by atoms with Gasteiger partial charge in [-0.1, -0.05) is 58.6 Å². The molecule has 0 fully saturated rings. The molecule has 2 aliphatic rings. The van der Waals surface area contributed by atoms with Crippen molar-refractivity contribution in [1.29, 1.82) is 0 Å². The first-order chi connectivity index (χ1) is 15.2. The molecule has 33 heavy (non-hydrogen) atoms. The van der Waals surface area contributed by atoms with Crippen LogP contribution in [0.2, 0.25) is 0 Å². The van der Waals surface area contributed by atoms with Crippen molar-refractivity contribution in [3.63, 3.8) is 0 Å². The van der Waals surface area contributed by atoms with Crippen LogP contribution in [0.3, 0.4) is 0 Å². The van der Waals surface area contributed by atoms with E-state index in [4.69, 9.17) is 4.74 Å². The van der Waals surface area contributed by atoms with Crippen molar-refractivity contribution >= 4 is 10.1 Å². The van der Waals surface area contributed by atoms with Gasteiger partial charge in [-0.2, -0.15) is 21.6 Å². The van der Waals surface area contributed by atoms with Crippen LogP contribution in [0.15, 0.2) is 30.0 Å². The Morgan fingerprint density at radius 3 is 2.48 bits per heavy atom. The summed E-state index contributed by atoms with van der Waals surface area (Å²) in [5.41, 5.74) is -3.98. The summed E-state index contributed by atoms with van der Waals surface area (Å²) in [5.74, 6) is 0.380. The molecular weight excluding hydrogens is 453 g/mol. The number of unbranched alkanes of at least 4 members (excludes halogenated alkanes) is 3. The average molecular weight is 489 g/mol. The van der Waals surface area contributed by atoms with Crippen molar-refractivity contribution in [3.8, 4) is 5.75 Å². The molecule has 0 N–H and O–H groups in total. The lowest BCUT2D eigenvalue weighted by atomic mass is 9.68. The largest absolute Gasteiger partial charge is 0.534 e. The molecule has 4 nitrogen and oxygen atoms in total. The van der Waals surface area contributed by atoms with Gasteiger partial charge in [-0.25, -0.2) is 0 Å². The van der Waals surface area contributed by atoms with Gasteiger partial charge >= 0.3 is 15.6 Å². The fourth-order valence-corrected chi connectivity index (χ4v) is 5.58. The summed E-state index contributed by atoms with van der Waals surface area (Å²) in [7, 11) is -5.68. The quantitative estimate of drug-likeness (QED) is 0.218. The summed E-state index contributed by atoms with van der Waals surface area (Å²) in [6.07, 6.45) is 7.73. The van der Waals surface area contributed by atoms with Gasteiger partial charge in [0.2, 0.25) is 0 Å². The molecule has 186 valence electrons. The Kier molecular flexibility index (Phi) is 7.19. The molecule has 1 aromatic carbocycles. The zero-order chi connectivity index (χ0) is 24.7. The van der Waals surface area contributed by atoms with Gasteiger partial charge in [0, 0.05) is 18.3 Å². The fourth-order valence-electron chi connectivity index (χ4n) is 5.06. The molecule has 0 bridgehead atoms. The topological polar surface area (TPSA) is 52.6 Å². The Hall–Kier alpha value is -1.70. The number of fused-ring (bicyclic) bond motifs is 3. The van der Waals surface area contributed by atoms with Gasteiger partial charge in [-0.05, 0) is 55.4 Å². The maximum atomic E-state index is 12.8. The molecular formula is C25H35F3O4S. The summed E-state index contributed by atoms with van der Waals surface area (Å²) >= 11 is 0. The molecule has 0 radical (unpaired) electrons. The van der Waals surface area contributed by atoms with Gasteiger partial charge in [0.15, 0.2) is 0 Å². The van der Waals surface area contributed by atoms with E-state index < -0.39 is 21.2 Å². The molecule has 1 aliphatic carbocycles. The van der Waals surface area contributed by atoms with Crippen molar-refractivity contribution in [2.24, 2.45) is 5.92 Å². The van der Waals surface area contributed by atoms with Crippen LogP contribution in [0.4, 0.5) is 13.2 Å². The van der Waals surface area contributed by atoms with E-state index in [0.717, 1.165) is 29.7 Å². The molecule has 1 aromatic rings. The van der Waals surface area contributed by atoms with E-state index in [9.17, 15) is 21.6 Å². The summed E-state index contributed by atoms with van der Waals surface area (Å²) in [5, 5.41) is 0. The normalized spacial score (nSPS) is 22.6. The number of hydrogen-bond acceptors (Lipinski definition) is 4. The van der Waals surface area contributed by atoms with Crippen LogP contribution in [0.1, 0.15) is 96.6 Å². The Morgan fingerprint density at radius 2 is 1.85 bits per heavy atom. The Bertz CT molecular complexity index is 993. The Balaban J connectivity index is 1.86. The molecule has 2 atom stereocenters. The highest BCUT2D eigenvalue weighted by molar-refractivity contribution is 7.87. The van der Waals surface area contributed by atoms with Crippen LogP contribution in [-0.2, 0) is 19.7 Å². The molecule has 8 heteroatoms. The highest BCUT2D eigenvalue weighted by Gasteiger charge is 2.51. The van der Waals surface area contributed by atoms with Crippen molar-refractivity contribution in [2.75, 3.05) is 0 Å². The lowest BCUT2D eigenvalue weighted by Crippen LogP contribution is -2.45. The van der Waals surface area contributed by atoms with E-state index in [0.29, 0.717) is 6.42 Å². The number of hydrogen-bond donors (Lipinski definition) is 0. The lowest BCUT2D eigenvalue weighted by molar-refractivity contribution is -0.0530. The predicted octanol–water partition coefficient (Wildman–Crippen LogP) is 7.35. The molecule has 1 aliphatic heterocycles. The van der Waals surface area contributed by atoms with Crippen molar-refractivity contribution in [3.05, 3.63) is 41.2 Å². The molecule has 0 saturated carbocycles. The van der Waals surface area contributed by atoms with Crippen LogP contribution in [0.25, 0.3) is 0 Å². The molecule has 0 spiro atoms. The van der Waals surface area contributed by atoms with E-state index in [2.05, 4.69) is 37.1 Å². The van der Waals surface area contributed by atoms with Crippen LogP contribution >= 0.6 is 0 Å². The van der Waals surface area contributed by atoms with Crippen LogP contribution < -0.4 is 4.74 Å². The zero-order valence-electron chi connectivity index (χ0n) is 20.1. The standard InChI is InChI=1S/C25H35F3O4S/c1-6-7-8-9-14-23(2,3)17-10-12-19-20-16-18(32-33(29,30)25(26,27)28)11-13-21(20)24(4,5)31-22(19)15-17/h10-12,15,20-21H,6-9,13-14,16H2,1-5H3/t20-,21+/m0/s1. The van der Waals surface area contributed by atoms with Gasteiger partial charge in [-0.3, -0.25) is 0 Å². The number of alkyl halides is 3. The van der Waals surface area contributed by atoms with E-state index in [1.165, 1.54) is 25.3 Å². The maximum Gasteiger partial charge on any atom is 0.534 e. The summed E-state index contributed by atoms with van der Waals surface area (Å²) in [6.45, 7) is 10.6. The highest BCUT2D eigenvalue weighted by Crippen LogP contribution is 2.52. The smallest absolute Gasteiger partial charge is 0.487 e. The predicted molar refractivity (Wildman–Crippen MR) is 123 cm³/mol. The second-order valence-electron chi connectivity index (χ2n) is 10.5. The first kappa shape index (κ1) is 25.9. The maximum absolute atomic E-state index is 12.8. The number of rotatable bonds is 8. The van der Waals surface area contributed by atoms with E-state index in [-0.39, 0.29) is 29.4 Å². The van der Waals surface area contributed by atoms with Crippen LogP contribution in [0.5, 0.6) is 5.75 Å². The van der Waals surface area contributed by atoms with Crippen molar-refractivity contribution in [2.45, 2.75) is 102 Å². The van der Waals surface area contributed by atoms with Crippen LogP contribution in [0, 0.1) is 5.92 Å². The molecule has 0 aromatic heterocycles. The third-order valence-electron chi connectivity index (χ3n) is 7.12. The average Bonchev–Trinajstić information content (AvgIpc) is 2.69. The number of halogens is 3. The zero-order valence-corrected chi connectivity index (χ0v) is 20.9. The minimum Gasteiger partial charge on any atom is -0.487 e.